The van der Waals surface area contributed by atoms with Gasteiger partial charge in [-0.2, -0.15) is 0 Å². The fourth-order valence-corrected chi connectivity index (χ4v) is 1.61. The number of nitrogens with two attached hydrogens (primary N) is 1. The van der Waals surface area contributed by atoms with E-state index in [1.165, 1.54) is 0 Å². The molecule has 10 heavy (non-hydrogen) atoms. The second-order valence-electron chi connectivity index (χ2n) is 2.59. The van der Waals surface area contributed by atoms with Gasteiger partial charge in [-0.25, -0.2) is 0 Å². The van der Waals surface area contributed by atoms with Crippen LogP contribution in [0.25, 0.3) is 0 Å². The smallest absolute Gasteiger partial charge is 0.0240 e. The Morgan fingerprint density at radius 3 is 1.80 bits per heavy atom. The Hall–Kier alpha value is 0.540. The summed E-state index contributed by atoms with van der Waals surface area (Å²) in [6, 6.07) is 0. The molecule has 0 aromatic carbocycles. The lowest BCUT2D eigenvalue weighted by Crippen LogP contribution is -2.39. The van der Waals surface area contributed by atoms with Crippen LogP contribution in [0.3, 0.4) is 0 Å². The second-order valence-corrected chi connectivity index (χ2v) is 3.35. The van der Waals surface area contributed by atoms with Gasteiger partial charge in [0.05, 0.1) is 0 Å². The maximum absolute atomic E-state index is 5.95. The lowest BCUT2D eigenvalue weighted by Gasteiger charge is -2.25. The quantitative estimate of drug-likeness (QED) is 0.652. The molecule has 0 amide bonds. The Bertz CT molecular complexity index is 79.7. The maximum atomic E-state index is 5.95. The zero-order chi connectivity index (χ0) is 8.04. The molecule has 0 saturated carbocycles. The molecule has 0 aromatic rings. The minimum absolute atomic E-state index is 0.122. The summed E-state index contributed by atoms with van der Waals surface area (Å²) in [5.74, 6) is 1.25. The summed E-state index contributed by atoms with van der Waals surface area (Å²) in [6.07, 6.45) is 2.67. The number of hydrogen-bond donors (Lipinski definition) is 1. The second kappa shape index (κ2) is 5.22. The maximum Gasteiger partial charge on any atom is 0.0240 e. The largest absolute Gasteiger partial charge is 0.325 e. The van der Waals surface area contributed by atoms with Crippen molar-refractivity contribution in [3.8, 4) is 0 Å². The van der Waals surface area contributed by atoms with Gasteiger partial charge in [-0.1, -0.05) is 6.92 Å². The molecule has 0 atom stereocenters. The van der Waals surface area contributed by atoms with Crippen molar-refractivity contribution in [2.45, 2.75) is 31.7 Å². The third-order valence-corrected chi connectivity index (χ3v) is 2.27. The number of rotatable bonds is 5. The Morgan fingerprint density at radius 2 is 1.60 bits per heavy atom. The molecule has 0 unspecified atom stereocenters. The van der Waals surface area contributed by atoms with Crippen LogP contribution in [0.2, 0.25) is 0 Å². The van der Waals surface area contributed by atoms with Crippen LogP contribution < -0.4 is 5.73 Å². The van der Waals surface area contributed by atoms with Gasteiger partial charge in [-0.05, 0) is 19.3 Å². The average Bonchev–Trinajstić information content (AvgIpc) is 1.89. The molecule has 0 aliphatic rings. The molecule has 3 heteroatoms. The topological polar surface area (TPSA) is 26.0 Å². The fourth-order valence-electron chi connectivity index (χ4n) is 0.855. The first-order valence-electron chi connectivity index (χ1n) is 3.59. The van der Waals surface area contributed by atoms with Gasteiger partial charge in [-0.15, -0.1) is 23.2 Å². The zero-order valence-electron chi connectivity index (χ0n) is 6.37. The highest BCUT2D eigenvalue weighted by Crippen LogP contribution is 2.17. The van der Waals surface area contributed by atoms with Crippen molar-refractivity contribution in [3.05, 3.63) is 0 Å². The Labute approximate surface area is 72.9 Å². The first-order chi connectivity index (χ1) is 4.68. The van der Waals surface area contributed by atoms with Crippen LogP contribution in [0.5, 0.6) is 0 Å². The number of hydrogen-bond acceptors (Lipinski definition) is 1. The van der Waals surface area contributed by atoms with E-state index in [9.17, 15) is 0 Å². The Kier molecular flexibility index (Phi) is 5.51. The highest BCUT2D eigenvalue weighted by atomic mass is 35.5. The Morgan fingerprint density at radius 1 is 1.20 bits per heavy atom. The molecule has 0 saturated heterocycles. The van der Waals surface area contributed by atoms with Gasteiger partial charge in [-0.3, -0.25) is 0 Å². The summed E-state index contributed by atoms with van der Waals surface area (Å²) in [4.78, 5) is 0. The molecule has 0 aliphatic carbocycles. The molecule has 0 bridgehead atoms. The van der Waals surface area contributed by atoms with Crippen LogP contribution in [0.1, 0.15) is 26.2 Å². The zero-order valence-corrected chi connectivity index (χ0v) is 7.88. The first kappa shape index (κ1) is 10.5. The first-order valence-corrected chi connectivity index (χ1v) is 4.66. The summed E-state index contributed by atoms with van der Waals surface area (Å²) in [6.45, 7) is 2.07. The van der Waals surface area contributed by atoms with Crippen molar-refractivity contribution in [1.29, 1.82) is 0 Å². The number of alkyl halides is 2. The predicted molar refractivity (Wildman–Crippen MR) is 47.9 cm³/mol. The molecule has 62 valence electrons. The fraction of sp³-hybridized carbons (Fsp3) is 1.00. The van der Waals surface area contributed by atoms with Gasteiger partial charge in [0.1, 0.15) is 0 Å². The molecule has 0 fully saturated rings. The highest BCUT2D eigenvalue weighted by molar-refractivity contribution is 6.18. The molecular formula is C7H15Cl2N. The van der Waals surface area contributed by atoms with Gasteiger partial charge in [0.2, 0.25) is 0 Å². The summed E-state index contributed by atoms with van der Waals surface area (Å²) < 4.78 is 0. The van der Waals surface area contributed by atoms with Crippen LogP contribution in [0.15, 0.2) is 0 Å². The molecule has 2 N–H and O–H groups in total. The Balaban J connectivity index is 3.69. The van der Waals surface area contributed by atoms with Crippen molar-refractivity contribution >= 4 is 23.2 Å². The molecular weight excluding hydrogens is 169 g/mol. The minimum Gasteiger partial charge on any atom is -0.325 e. The molecule has 0 aromatic heterocycles. The van der Waals surface area contributed by atoms with Gasteiger partial charge in [0.25, 0.3) is 0 Å². The summed E-state index contributed by atoms with van der Waals surface area (Å²) in [7, 11) is 0. The van der Waals surface area contributed by atoms with E-state index >= 15 is 0 Å². The van der Waals surface area contributed by atoms with E-state index in [0.717, 1.165) is 19.3 Å². The third-order valence-electron chi connectivity index (χ3n) is 1.89. The summed E-state index contributed by atoms with van der Waals surface area (Å²) in [5, 5.41) is 0. The van der Waals surface area contributed by atoms with Crippen molar-refractivity contribution in [2.75, 3.05) is 11.8 Å². The van der Waals surface area contributed by atoms with Gasteiger partial charge >= 0.3 is 0 Å². The number of halogens is 2. The molecule has 0 aliphatic heterocycles. The van der Waals surface area contributed by atoms with E-state index in [1.54, 1.807) is 0 Å². The highest BCUT2D eigenvalue weighted by Gasteiger charge is 2.20. The van der Waals surface area contributed by atoms with Gasteiger partial charge in [0.15, 0.2) is 0 Å². The lowest BCUT2D eigenvalue weighted by molar-refractivity contribution is 0.387. The van der Waals surface area contributed by atoms with Gasteiger partial charge in [0, 0.05) is 17.3 Å². The van der Waals surface area contributed by atoms with Crippen LogP contribution in [0, 0.1) is 0 Å². The molecule has 0 heterocycles. The summed E-state index contributed by atoms with van der Waals surface area (Å²) in [5.41, 5.74) is 5.83. The van der Waals surface area contributed by atoms with E-state index in [0.29, 0.717) is 11.8 Å². The van der Waals surface area contributed by atoms with E-state index in [-0.39, 0.29) is 5.54 Å². The van der Waals surface area contributed by atoms with E-state index in [1.807, 2.05) is 0 Å². The lowest BCUT2D eigenvalue weighted by atomic mass is 9.91. The minimum atomic E-state index is -0.122. The van der Waals surface area contributed by atoms with Gasteiger partial charge < -0.3 is 5.73 Å². The van der Waals surface area contributed by atoms with E-state index < -0.39 is 0 Å². The van der Waals surface area contributed by atoms with Crippen LogP contribution >= 0.6 is 23.2 Å². The van der Waals surface area contributed by atoms with Crippen molar-refractivity contribution in [1.82, 2.24) is 0 Å². The molecule has 1 nitrogen and oxygen atoms in total. The van der Waals surface area contributed by atoms with Crippen molar-refractivity contribution in [3.63, 3.8) is 0 Å². The van der Waals surface area contributed by atoms with E-state index in [4.69, 9.17) is 28.9 Å². The van der Waals surface area contributed by atoms with Crippen molar-refractivity contribution in [2.24, 2.45) is 5.73 Å². The SMILES string of the molecule is CCC(N)(CCCl)CCCl. The van der Waals surface area contributed by atoms with Crippen LogP contribution in [-0.2, 0) is 0 Å². The third kappa shape index (κ3) is 3.65. The average molecular weight is 184 g/mol. The predicted octanol–water partition coefficient (Wildman–Crippen LogP) is 2.35. The molecule has 0 spiro atoms. The molecule has 0 radical (unpaired) electrons. The van der Waals surface area contributed by atoms with Crippen LogP contribution in [-0.4, -0.2) is 17.3 Å². The standard InChI is InChI=1S/C7H15Cl2N/c1-2-7(10,3-5-8)4-6-9/h2-6,10H2,1H3. The van der Waals surface area contributed by atoms with Crippen molar-refractivity contribution < 1.29 is 0 Å². The van der Waals surface area contributed by atoms with Crippen LogP contribution in [0.4, 0.5) is 0 Å². The molecule has 0 rings (SSSR count). The summed E-state index contributed by atoms with van der Waals surface area (Å²) >= 11 is 11.2. The monoisotopic (exact) mass is 183 g/mol. The normalized spacial score (nSPS) is 12.0. The van der Waals surface area contributed by atoms with E-state index in [2.05, 4.69) is 6.92 Å².